The van der Waals surface area contributed by atoms with Crippen molar-refractivity contribution in [3.63, 3.8) is 0 Å². The topological polar surface area (TPSA) is 66.9 Å². The molecule has 26 heavy (non-hydrogen) atoms. The van der Waals surface area contributed by atoms with E-state index in [4.69, 9.17) is 27.9 Å². The van der Waals surface area contributed by atoms with Gasteiger partial charge in [0.1, 0.15) is 0 Å². The van der Waals surface area contributed by atoms with E-state index in [1.807, 2.05) is 4.90 Å². The number of nitrogens with zero attached hydrogens (tertiary/aromatic N) is 2. The van der Waals surface area contributed by atoms with Crippen LogP contribution in [0.15, 0.2) is 18.2 Å². The van der Waals surface area contributed by atoms with Gasteiger partial charge in [0.05, 0.1) is 29.0 Å². The monoisotopic (exact) mass is 420 g/mol. The lowest BCUT2D eigenvalue weighted by Gasteiger charge is -2.35. The molecule has 3 rings (SSSR count). The van der Waals surface area contributed by atoms with E-state index in [1.165, 1.54) is 4.31 Å². The molecule has 144 valence electrons. The molecule has 1 aromatic rings. The van der Waals surface area contributed by atoms with Crippen LogP contribution in [0.4, 0.5) is 0 Å². The average Bonchev–Trinajstić information content (AvgIpc) is 2.65. The summed E-state index contributed by atoms with van der Waals surface area (Å²) in [5, 5.41) is 0.740. The molecule has 2 saturated heterocycles. The maximum absolute atomic E-state index is 12.7. The Balaban J connectivity index is 1.57. The average molecular weight is 421 g/mol. The number of rotatable bonds is 4. The first-order valence-corrected chi connectivity index (χ1v) is 11.0. The molecule has 1 aromatic carbocycles. The van der Waals surface area contributed by atoms with E-state index in [-0.39, 0.29) is 17.6 Å². The highest BCUT2D eigenvalue weighted by Crippen LogP contribution is 2.26. The first kappa shape index (κ1) is 19.9. The van der Waals surface area contributed by atoms with E-state index in [0.29, 0.717) is 67.8 Å². The molecule has 0 aliphatic carbocycles. The van der Waals surface area contributed by atoms with Gasteiger partial charge in [0, 0.05) is 32.1 Å². The van der Waals surface area contributed by atoms with Crippen molar-refractivity contribution in [2.45, 2.75) is 18.6 Å². The number of hydrogen-bond donors (Lipinski definition) is 0. The highest BCUT2D eigenvalue weighted by molar-refractivity contribution is 7.88. The standard InChI is InChI=1S/C17H22Cl2N2O4S/c18-15-2-1-13(11-16(15)19)12-26(23,24)21-5-3-14(4-6-21)17(22)20-7-9-25-10-8-20/h1-2,11,14H,3-10,12H2. The van der Waals surface area contributed by atoms with Crippen LogP contribution in [0.5, 0.6) is 0 Å². The zero-order chi connectivity index (χ0) is 18.7. The molecule has 0 unspecified atom stereocenters. The summed E-state index contributed by atoms with van der Waals surface area (Å²) < 4.78 is 32.1. The lowest BCUT2D eigenvalue weighted by atomic mass is 9.96. The van der Waals surface area contributed by atoms with Crippen LogP contribution < -0.4 is 0 Å². The van der Waals surface area contributed by atoms with Gasteiger partial charge in [0.2, 0.25) is 15.9 Å². The summed E-state index contributed by atoms with van der Waals surface area (Å²) in [5.41, 5.74) is 0.603. The molecule has 2 aliphatic heterocycles. The molecule has 6 nitrogen and oxygen atoms in total. The fraction of sp³-hybridized carbons (Fsp3) is 0.588. The second-order valence-electron chi connectivity index (χ2n) is 6.62. The van der Waals surface area contributed by atoms with Crippen LogP contribution in [-0.4, -0.2) is 62.9 Å². The van der Waals surface area contributed by atoms with E-state index in [0.717, 1.165) is 0 Å². The number of halogens is 2. The van der Waals surface area contributed by atoms with E-state index < -0.39 is 10.0 Å². The largest absolute Gasteiger partial charge is 0.378 e. The molecule has 9 heteroatoms. The Labute approximate surface area is 164 Å². The lowest BCUT2D eigenvalue weighted by Crippen LogP contribution is -2.47. The van der Waals surface area contributed by atoms with Gasteiger partial charge in [-0.25, -0.2) is 12.7 Å². The number of morpholine rings is 1. The Bertz CT molecular complexity index is 758. The number of piperidine rings is 1. The Morgan fingerprint density at radius 1 is 1.08 bits per heavy atom. The van der Waals surface area contributed by atoms with Crippen LogP contribution >= 0.6 is 23.2 Å². The molecule has 0 atom stereocenters. The zero-order valence-corrected chi connectivity index (χ0v) is 16.7. The fourth-order valence-electron chi connectivity index (χ4n) is 3.35. The van der Waals surface area contributed by atoms with E-state index in [1.54, 1.807) is 18.2 Å². The minimum atomic E-state index is -3.45. The van der Waals surface area contributed by atoms with Gasteiger partial charge < -0.3 is 9.64 Å². The van der Waals surface area contributed by atoms with Crippen molar-refractivity contribution in [2.24, 2.45) is 5.92 Å². The van der Waals surface area contributed by atoms with Gasteiger partial charge in [-0.3, -0.25) is 4.79 Å². The predicted octanol–water partition coefficient (Wildman–Crippen LogP) is 2.39. The van der Waals surface area contributed by atoms with Crippen molar-refractivity contribution < 1.29 is 17.9 Å². The Morgan fingerprint density at radius 3 is 2.35 bits per heavy atom. The highest BCUT2D eigenvalue weighted by atomic mass is 35.5. The Hall–Kier alpha value is -0.860. The summed E-state index contributed by atoms with van der Waals surface area (Å²) >= 11 is 11.8. The van der Waals surface area contributed by atoms with Crippen molar-refractivity contribution in [3.05, 3.63) is 33.8 Å². The molecular weight excluding hydrogens is 399 g/mol. The van der Waals surface area contributed by atoms with Crippen molar-refractivity contribution in [2.75, 3.05) is 39.4 Å². The summed E-state index contributed by atoms with van der Waals surface area (Å²) in [7, 11) is -3.45. The number of benzene rings is 1. The van der Waals surface area contributed by atoms with Gasteiger partial charge >= 0.3 is 0 Å². The van der Waals surface area contributed by atoms with E-state index in [2.05, 4.69) is 0 Å². The second-order valence-corrected chi connectivity index (χ2v) is 9.40. The first-order chi connectivity index (χ1) is 12.4. The maximum Gasteiger partial charge on any atom is 0.225 e. The molecule has 0 N–H and O–H groups in total. The van der Waals surface area contributed by atoms with Crippen molar-refractivity contribution in [1.29, 1.82) is 0 Å². The Morgan fingerprint density at radius 2 is 1.73 bits per heavy atom. The molecular formula is C17H22Cl2N2O4S. The minimum absolute atomic E-state index is 0.107. The van der Waals surface area contributed by atoms with Gasteiger partial charge in [-0.05, 0) is 30.5 Å². The number of sulfonamides is 1. The minimum Gasteiger partial charge on any atom is -0.378 e. The van der Waals surface area contributed by atoms with Gasteiger partial charge in [0.15, 0.2) is 0 Å². The van der Waals surface area contributed by atoms with Crippen LogP contribution in [-0.2, 0) is 25.3 Å². The quantitative estimate of drug-likeness (QED) is 0.749. The smallest absolute Gasteiger partial charge is 0.225 e. The first-order valence-electron chi connectivity index (χ1n) is 8.65. The van der Waals surface area contributed by atoms with E-state index in [9.17, 15) is 13.2 Å². The van der Waals surface area contributed by atoms with Gasteiger partial charge in [-0.2, -0.15) is 0 Å². The van der Waals surface area contributed by atoms with Gasteiger partial charge in [-0.1, -0.05) is 29.3 Å². The van der Waals surface area contributed by atoms with Gasteiger partial charge in [-0.15, -0.1) is 0 Å². The maximum atomic E-state index is 12.7. The van der Waals surface area contributed by atoms with E-state index >= 15 is 0 Å². The molecule has 0 saturated carbocycles. The molecule has 2 fully saturated rings. The number of carbonyl (C=O) groups excluding carboxylic acids is 1. The zero-order valence-electron chi connectivity index (χ0n) is 14.4. The summed E-state index contributed by atoms with van der Waals surface area (Å²) in [6.45, 7) is 3.11. The normalized spacial score (nSPS) is 20.3. The molecule has 1 amide bonds. The molecule has 2 aliphatic rings. The molecule has 0 radical (unpaired) electrons. The number of carbonyl (C=O) groups is 1. The van der Waals surface area contributed by atoms with Crippen molar-refractivity contribution >= 4 is 39.1 Å². The van der Waals surface area contributed by atoms with Crippen LogP contribution in [0.2, 0.25) is 10.0 Å². The second kappa shape index (κ2) is 8.44. The van der Waals surface area contributed by atoms with Crippen LogP contribution in [0.25, 0.3) is 0 Å². The third kappa shape index (κ3) is 4.70. The molecule has 0 aromatic heterocycles. The third-order valence-corrected chi connectivity index (χ3v) is 7.44. The third-order valence-electron chi connectivity index (χ3n) is 4.85. The van der Waals surface area contributed by atoms with Crippen LogP contribution in [0.1, 0.15) is 18.4 Å². The number of ether oxygens (including phenoxy) is 1. The highest BCUT2D eigenvalue weighted by Gasteiger charge is 2.33. The molecule has 2 heterocycles. The molecule has 0 bridgehead atoms. The predicted molar refractivity (Wildman–Crippen MR) is 101 cm³/mol. The van der Waals surface area contributed by atoms with Crippen molar-refractivity contribution in [1.82, 2.24) is 9.21 Å². The van der Waals surface area contributed by atoms with Crippen molar-refractivity contribution in [3.8, 4) is 0 Å². The Kier molecular flexibility index (Phi) is 6.45. The summed E-state index contributed by atoms with van der Waals surface area (Å²) in [6, 6.07) is 4.85. The fourth-order valence-corrected chi connectivity index (χ4v) is 5.23. The molecule has 0 spiro atoms. The number of hydrogen-bond acceptors (Lipinski definition) is 4. The summed E-state index contributed by atoms with van der Waals surface area (Å²) in [5.74, 6) is -0.106. The summed E-state index contributed by atoms with van der Waals surface area (Å²) in [4.78, 5) is 14.4. The lowest BCUT2D eigenvalue weighted by molar-refractivity contribution is -0.140. The number of amides is 1. The summed E-state index contributed by atoms with van der Waals surface area (Å²) in [6.07, 6.45) is 1.10. The van der Waals surface area contributed by atoms with Crippen LogP contribution in [0.3, 0.4) is 0 Å². The SMILES string of the molecule is O=C(C1CCN(S(=O)(=O)Cc2ccc(Cl)c(Cl)c2)CC1)N1CCOCC1. The van der Waals surface area contributed by atoms with Gasteiger partial charge in [0.25, 0.3) is 0 Å². The van der Waals surface area contributed by atoms with Crippen LogP contribution in [0, 0.1) is 5.92 Å².